The standard InChI is InChI=1S/C14H16O4/c1-9-2-3-12-10(6-9)7-13(18-12)11(15)8-14-16-4-5-17-14/h2-3,6-7,11,14-15H,4-5,8H2,1H3. The van der Waals surface area contributed by atoms with E-state index in [1.807, 2.05) is 31.2 Å². The van der Waals surface area contributed by atoms with E-state index >= 15 is 0 Å². The van der Waals surface area contributed by atoms with E-state index in [-0.39, 0.29) is 6.29 Å². The van der Waals surface area contributed by atoms with Crippen LogP contribution in [0.4, 0.5) is 0 Å². The van der Waals surface area contributed by atoms with Crippen LogP contribution in [0.15, 0.2) is 28.7 Å². The smallest absolute Gasteiger partial charge is 0.160 e. The molecule has 1 aliphatic rings. The van der Waals surface area contributed by atoms with Crippen molar-refractivity contribution in [2.75, 3.05) is 13.2 Å². The normalized spacial score (nSPS) is 18.6. The second-order valence-electron chi connectivity index (χ2n) is 4.61. The number of benzene rings is 1. The number of aryl methyl sites for hydroxylation is 1. The molecule has 1 saturated heterocycles. The van der Waals surface area contributed by atoms with Gasteiger partial charge in [0.15, 0.2) is 6.29 Å². The summed E-state index contributed by atoms with van der Waals surface area (Å²) >= 11 is 0. The van der Waals surface area contributed by atoms with Crippen molar-refractivity contribution in [2.45, 2.75) is 25.7 Å². The van der Waals surface area contributed by atoms with Crippen molar-refractivity contribution in [3.8, 4) is 0 Å². The Labute approximate surface area is 105 Å². The number of aliphatic hydroxyl groups excluding tert-OH is 1. The highest BCUT2D eigenvalue weighted by molar-refractivity contribution is 5.78. The summed E-state index contributed by atoms with van der Waals surface area (Å²) in [5.41, 5.74) is 1.97. The minimum absolute atomic E-state index is 0.324. The summed E-state index contributed by atoms with van der Waals surface area (Å²) in [7, 11) is 0. The van der Waals surface area contributed by atoms with E-state index in [0.29, 0.717) is 25.4 Å². The molecular weight excluding hydrogens is 232 g/mol. The zero-order valence-electron chi connectivity index (χ0n) is 10.3. The van der Waals surface area contributed by atoms with E-state index < -0.39 is 6.10 Å². The number of fused-ring (bicyclic) bond motifs is 1. The quantitative estimate of drug-likeness (QED) is 0.906. The lowest BCUT2D eigenvalue weighted by Crippen LogP contribution is -2.12. The van der Waals surface area contributed by atoms with E-state index in [0.717, 1.165) is 11.0 Å². The summed E-state index contributed by atoms with van der Waals surface area (Å²) < 4.78 is 16.3. The topological polar surface area (TPSA) is 51.8 Å². The third kappa shape index (κ3) is 2.27. The van der Waals surface area contributed by atoms with Gasteiger partial charge >= 0.3 is 0 Å². The maximum atomic E-state index is 10.1. The van der Waals surface area contributed by atoms with Gasteiger partial charge in [0, 0.05) is 11.8 Å². The van der Waals surface area contributed by atoms with Crippen molar-refractivity contribution in [2.24, 2.45) is 0 Å². The molecule has 2 aromatic rings. The van der Waals surface area contributed by atoms with Gasteiger partial charge < -0.3 is 19.0 Å². The van der Waals surface area contributed by atoms with E-state index in [1.54, 1.807) is 0 Å². The maximum absolute atomic E-state index is 10.1. The van der Waals surface area contributed by atoms with Gasteiger partial charge in [-0.15, -0.1) is 0 Å². The van der Waals surface area contributed by atoms with Gasteiger partial charge in [-0.25, -0.2) is 0 Å². The van der Waals surface area contributed by atoms with Crippen LogP contribution in [0.2, 0.25) is 0 Å². The van der Waals surface area contributed by atoms with Crippen molar-refractivity contribution in [1.82, 2.24) is 0 Å². The van der Waals surface area contributed by atoms with E-state index in [4.69, 9.17) is 13.9 Å². The molecule has 1 unspecified atom stereocenters. The Balaban J connectivity index is 1.80. The van der Waals surface area contributed by atoms with Crippen LogP contribution in [0.5, 0.6) is 0 Å². The molecule has 1 atom stereocenters. The first-order chi connectivity index (χ1) is 8.72. The van der Waals surface area contributed by atoms with Gasteiger partial charge in [-0.1, -0.05) is 11.6 Å². The van der Waals surface area contributed by atoms with Gasteiger partial charge in [0.1, 0.15) is 17.4 Å². The van der Waals surface area contributed by atoms with Gasteiger partial charge in [-0.2, -0.15) is 0 Å². The summed E-state index contributed by atoms with van der Waals surface area (Å²) in [6.07, 6.45) is -0.616. The molecule has 0 spiro atoms. The molecule has 1 aromatic carbocycles. The molecule has 0 bridgehead atoms. The molecule has 0 saturated carbocycles. The minimum atomic E-state index is -0.694. The first-order valence-electron chi connectivity index (χ1n) is 6.14. The van der Waals surface area contributed by atoms with Crippen LogP contribution in [0.3, 0.4) is 0 Å². The fraction of sp³-hybridized carbons (Fsp3) is 0.429. The first kappa shape index (κ1) is 11.7. The summed E-state index contributed by atoms with van der Waals surface area (Å²) in [6, 6.07) is 7.83. The first-order valence-corrected chi connectivity index (χ1v) is 6.14. The lowest BCUT2D eigenvalue weighted by molar-refractivity contribution is -0.0734. The highest BCUT2D eigenvalue weighted by Crippen LogP contribution is 2.28. The number of hydrogen-bond donors (Lipinski definition) is 1. The van der Waals surface area contributed by atoms with Crippen LogP contribution < -0.4 is 0 Å². The van der Waals surface area contributed by atoms with Gasteiger partial charge in [-0.3, -0.25) is 0 Å². The highest BCUT2D eigenvalue weighted by Gasteiger charge is 2.23. The second kappa shape index (κ2) is 4.72. The predicted octanol–water partition coefficient (Wildman–Crippen LogP) is 2.54. The molecule has 0 radical (unpaired) electrons. The minimum Gasteiger partial charge on any atom is -0.458 e. The van der Waals surface area contributed by atoms with Crippen molar-refractivity contribution in [3.05, 3.63) is 35.6 Å². The largest absolute Gasteiger partial charge is 0.458 e. The molecule has 0 amide bonds. The monoisotopic (exact) mass is 248 g/mol. The van der Waals surface area contributed by atoms with Gasteiger partial charge in [0.05, 0.1) is 13.2 Å². The van der Waals surface area contributed by atoms with Crippen LogP contribution in [0.1, 0.15) is 23.8 Å². The van der Waals surface area contributed by atoms with Crippen molar-refractivity contribution in [1.29, 1.82) is 0 Å². The number of aliphatic hydroxyl groups is 1. The molecule has 18 heavy (non-hydrogen) atoms. The number of furan rings is 1. The van der Waals surface area contributed by atoms with Crippen LogP contribution in [-0.2, 0) is 9.47 Å². The Morgan fingerprint density at radius 2 is 2.06 bits per heavy atom. The molecular formula is C14H16O4. The molecule has 1 N–H and O–H groups in total. The lowest BCUT2D eigenvalue weighted by atomic mass is 10.1. The van der Waals surface area contributed by atoms with Gasteiger partial charge in [0.25, 0.3) is 0 Å². The third-order valence-corrected chi connectivity index (χ3v) is 3.13. The lowest BCUT2D eigenvalue weighted by Gasteiger charge is -2.12. The SMILES string of the molecule is Cc1ccc2oc(C(O)CC3OCCO3)cc2c1. The molecule has 4 nitrogen and oxygen atoms in total. The molecule has 4 heteroatoms. The summed E-state index contributed by atoms with van der Waals surface area (Å²) in [5.74, 6) is 0.565. The number of rotatable bonds is 3. The molecule has 1 aromatic heterocycles. The molecule has 3 rings (SSSR count). The fourth-order valence-electron chi connectivity index (χ4n) is 2.19. The van der Waals surface area contributed by atoms with Crippen molar-refractivity contribution < 1.29 is 19.0 Å². The number of hydrogen-bond acceptors (Lipinski definition) is 4. The van der Waals surface area contributed by atoms with Gasteiger partial charge in [-0.05, 0) is 25.1 Å². The average molecular weight is 248 g/mol. The molecule has 2 heterocycles. The Morgan fingerprint density at radius 1 is 1.28 bits per heavy atom. The average Bonchev–Trinajstić information content (AvgIpc) is 2.96. The Kier molecular flexibility index (Phi) is 3.07. The van der Waals surface area contributed by atoms with E-state index in [9.17, 15) is 5.11 Å². The van der Waals surface area contributed by atoms with Crippen molar-refractivity contribution >= 4 is 11.0 Å². The van der Waals surface area contributed by atoms with Crippen LogP contribution in [0, 0.1) is 6.92 Å². The summed E-state index contributed by atoms with van der Waals surface area (Å²) in [4.78, 5) is 0. The fourth-order valence-corrected chi connectivity index (χ4v) is 2.19. The Bertz CT molecular complexity index is 540. The summed E-state index contributed by atoms with van der Waals surface area (Å²) in [5, 5.41) is 11.1. The molecule has 1 aliphatic heterocycles. The maximum Gasteiger partial charge on any atom is 0.160 e. The third-order valence-electron chi connectivity index (χ3n) is 3.13. The predicted molar refractivity (Wildman–Crippen MR) is 66.2 cm³/mol. The van der Waals surface area contributed by atoms with E-state index in [1.165, 1.54) is 5.56 Å². The number of ether oxygens (including phenoxy) is 2. The van der Waals surface area contributed by atoms with E-state index in [2.05, 4.69) is 0 Å². The van der Waals surface area contributed by atoms with Crippen LogP contribution in [-0.4, -0.2) is 24.6 Å². The zero-order chi connectivity index (χ0) is 12.5. The second-order valence-corrected chi connectivity index (χ2v) is 4.61. The van der Waals surface area contributed by atoms with Crippen LogP contribution in [0.25, 0.3) is 11.0 Å². The zero-order valence-corrected chi connectivity index (χ0v) is 10.3. The Morgan fingerprint density at radius 3 is 2.83 bits per heavy atom. The highest BCUT2D eigenvalue weighted by atomic mass is 16.7. The van der Waals surface area contributed by atoms with Crippen LogP contribution >= 0.6 is 0 Å². The molecule has 96 valence electrons. The Hall–Kier alpha value is -1.36. The van der Waals surface area contributed by atoms with Crippen molar-refractivity contribution in [3.63, 3.8) is 0 Å². The molecule has 0 aliphatic carbocycles. The van der Waals surface area contributed by atoms with Gasteiger partial charge in [0.2, 0.25) is 0 Å². The molecule has 1 fully saturated rings. The summed E-state index contributed by atoms with van der Waals surface area (Å²) in [6.45, 7) is 3.22.